The predicted molar refractivity (Wildman–Crippen MR) is 103 cm³/mol. The maximum Gasteiger partial charge on any atom is 0.411 e. The molecule has 0 N–H and O–H groups in total. The minimum atomic E-state index is -1.83. The molecular formula is C19H39NO3Si. The molecule has 0 aliphatic carbocycles. The standard InChI is InChI=1S/C19H39NO3Si/c1-17(2,3)23-16(21)20-15(12-11-13-19(20,7)8)14-22-24(9,10)18(4,5)6/h15H,11-14H2,1-10H3. The Bertz CT molecular complexity index is 447. The van der Waals surface area contributed by atoms with Crippen molar-refractivity contribution in [2.45, 2.75) is 110 Å². The van der Waals surface area contributed by atoms with Crippen molar-refractivity contribution < 1.29 is 14.0 Å². The van der Waals surface area contributed by atoms with E-state index in [1.807, 2.05) is 25.7 Å². The Morgan fingerprint density at radius 3 is 2.17 bits per heavy atom. The topological polar surface area (TPSA) is 38.8 Å². The fraction of sp³-hybridized carbons (Fsp3) is 0.947. The van der Waals surface area contributed by atoms with E-state index < -0.39 is 13.9 Å². The summed E-state index contributed by atoms with van der Waals surface area (Å²) in [6, 6.07) is 0.0951. The van der Waals surface area contributed by atoms with Crippen LogP contribution in [0.3, 0.4) is 0 Å². The zero-order valence-electron chi connectivity index (χ0n) is 17.6. The van der Waals surface area contributed by atoms with Crippen LogP contribution in [-0.4, -0.2) is 43.1 Å². The second-order valence-electron chi connectivity index (χ2n) is 10.3. The largest absolute Gasteiger partial charge is 0.444 e. The summed E-state index contributed by atoms with van der Waals surface area (Å²) < 4.78 is 12.1. The zero-order valence-corrected chi connectivity index (χ0v) is 18.6. The van der Waals surface area contributed by atoms with Crippen LogP contribution in [0.1, 0.15) is 74.7 Å². The average Bonchev–Trinajstić information content (AvgIpc) is 2.31. The van der Waals surface area contributed by atoms with Gasteiger partial charge in [-0.3, -0.25) is 4.90 Å². The SMILES string of the molecule is CC(C)(C)OC(=O)N1C(CO[Si](C)(C)C(C)(C)C)CCCC1(C)C. The third-order valence-electron chi connectivity index (χ3n) is 5.38. The van der Waals surface area contributed by atoms with Crippen LogP contribution >= 0.6 is 0 Å². The molecule has 5 heteroatoms. The normalized spacial score (nSPS) is 22.4. The van der Waals surface area contributed by atoms with E-state index in [2.05, 4.69) is 47.7 Å². The summed E-state index contributed by atoms with van der Waals surface area (Å²) in [5, 5.41) is 0.175. The summed E-state index contributed by atoms with van der Waals surface area (Å²) in [6.45, 7) is 21.9. The highest BCUT2D eigenvalue weighted by Gasteiger charge is 2.44. The van der Waals surface area contributed by atoms with Crippen molar-refractivity contribution in [1.82, 2.24) is 4.90 Å². The highest BCUT2D eigenvalue weighted by atomic mass is 28.4. The lowest BCUT2D eigenvalue weighted by Gasteiger charge is -2.48. The van der Waals surface area contributed by atoms with Crippen LogP contribution in [0.5, 0.6) is 0 Å². The van der Waals surface area contributed by atoms with Crippen LogP contribution in [0.4, 0.5) is 4.79 Å². The number of piperidine rings is 1. The van der Waals surface area contributed by atoms with Gasteiger partial charge in [-0.2, -0.15) is 0 Å². The van der Waals surface area contributed by atoms with Gasteiger partial charge in [-0.25, -0.2) is 4.79 Å². The number of likely N-dealkylation sites (tertiary alicyclic amines) is 1. The van der Waals surface area contributed by atoms with Gasteiger partial charge in [-0.05, 0) is 72.0 Å². The van der Waals surface area contributed by atoms with Crippen LogP contribution in [0.25, 0.3) is 0 Å². The first-order valence-corrected chi connectivity index (χ1v) is 12.1. The van der Waals surface area contributed by atoms with Crippen LogP contribution < -0.4 is 0 Å². The molecule has 0 aromatic carbocycles. The molecule has 0 aromatic rings. The zero-order chi connectivity index (χ0) is 19.0. The Morgan fingerprint density at radius 2 is 1.71 bits per heavy atom. The molecule has 1 rings (SSSR count). The van der Waals surface area contributed by atoms with E-state index in [1.54, 1.807) is 0 Å². The highest BCUT2D eigenvalue weighted by molar-refractivity contribution is 6.74. The van der Waals surface area contributed by atoms with Gasteiger partial charge >= 0.3 is 6.09 Å². The first-order valence-electron chi connectivity index (χ1n) is 9.23. The predicted octanol–water partition coefficient (Wildman–Crippen LogP) is 5.58. The minimum absolute atomic E-state index is 0.0951. The number of nitrogens with zero attached hydrogens (tertiary/aromatic N) is 1. The second-order valence-corrected chi connectivity index (χ2v) is 15.1. The summed E-state index contributed by atoms with van der Waals surface area (Å²) in [4.78, 5) is 14.8. The van der Waals surface area contributed by atoms with Gasteiger partial charge in [0.25, 0.3) is 0 Å². The van der Waals surface area contributed by atoms with Crippen LogP contribution in [-0.2, 0) is 9.16 Å². The lowest BCUT2D eigenvalue weighted by Crippen LogP contribution is -2.59. The Labute approximate surface area is 150 Å². The number of carbonyl (C=O) groups is 1. The summed E-state index contributed by atoms with van der Waals surface area (Å²) in [7, 11) is -1.83. The first kappa shape index (κ1) is 21.5. The van der Waals surface area contributed by atoms with E-state index in [9.17, 15) is 4.79 Å². The first-order chi connectivity index (χ1) is 10.6. The summed E-state index contributed by atoms with van der Waals surface area (Å²) in [6.07, 6.45) is 2.90. The van der Waals surface area contributed by atoms with E-state index in [-0.39, 0.29) is 22.7 Å². The Morgan fingerprint density at radius 1 is 1.17 bits per heavy atom. The molecule has 0 bridgehead atoms. The Balaban J connectivity index is 2.92. The second kappa shape index (κ2) is 6.98. The van der Waals surface area contributed by atoms with E-state index in [1.165, 1.54) is 0 Å². The van der Waals surface area contributed by atoms with Crippen molar-refractivity contribution in [3.8, 4) is 0 Å². The summed E-state index contributed by atoms with van der Waals surface area (Å²) in [5.74, 6) is 0. The third kappa shape index (κ3) is 5.48. The van der Waals surface area contributed by atoms with Gasteiger partial charge in [0.15, 0.2) is 8.32 Å². The van der Waals surface area contributed by atoms with Crippen LogP contribution in [0.15, 0.2) is 0 Å². The highest BCUT2D eigenvalue weighted by Crippen LogP contribution is 2.38. The van der Waals surface area contributed by atoms with Crippen molar-refractivity contribution in [2.24, 2.45) is 0 Å². The van der Waals surface area contributed by atoms with Crippen molar-refractivity contribution >= 4 is 14.4 Å². The number of hydrogen-bond donors (Lipinski definition) is 0. The molecule has 0 spiro atoms. The van der Waals surface area contributed by atoms with Crippen molar-refractivity contribution in [1.29, 1.82) is 0 Å². The van der Waals surface area contributed by atoms with E-state index in [0.29, 0.717) is 6.61 Å². The Kier molecular flexibility index (Phi) is 6.25. The van der Waals surface area contributed by atoms with Gasteiger partial charge in [-0.1, -0.05) is 20.8 Å². The fourth-order valence-electron chi connectivity index (χ4n) is 2.90. The van der Waals surface area contributed by atoms with E-state index >= 15 is 0 Å². The molecule has 1 saturated heterocycles. The summed E-state index contributed by atoms with van der Waals surface area (Å²) in [5.41, 5.74) is -0.669. The van der Waals surface area contributed by atoms with Gasteiger partial charge < -0.3 is 9.16 Å². The van der Waals surface area contributed by atoms with E-state index in [0.717, 1.165) is 19.3 Å². The van der Waals surface area contributed by atoms with Gasteiger partial charge in [0.2, 0.25) is 0 Å². The molecule has 142 valence electrons. The van der Waals surface area contributed by atoms with Crippen molar-refractivity contribution in [3.05, 3.63) is 0 Å². The van der Waals surface area contributed by atoms with Crippen molar-refractivity contribution in [3.63, 3.8) is 0 Å². The number of carbonyl (C=O) groups excluding carboxylic acids is 1. The average molecular weight is 358 g/mol. The Hall–Kier alpha value is -0.553. The van der Waals surface area contributed by atoms with E-state index in [4.69, 9.17) is 9.16 Å². The van der Waals surface area contributed by atoms with Gasteiger partial charge in [0.1, 0.15) is 5.60 Å². The lowest BCUT2D eigenvalue weighted by atomic mass is 9.87. The van der Waals surface area contributed by atoms with Crippen LogP contribution in [0, 0.1) is 0 Å². The maximum absolute atomic E-state index is 12.8. The smallest absolute Gasteiger partial charge is 0.411 e. The molecule has 1 fully saturated rings. The molecule has 0 saturated carbocycles. The quantitative estimate of drug-likeness (QED) is 0.619. The molecule has 4 nitrogen and oxygen atoms in total. The molecule has 24 heavy (non-hydrogen) atoms. The molecule has 0 radical (unpaired) electrons. The van der Waals surface area contributed by atoms with Crippen LogP contribution in [0.2, 0.25) is 18.1 Å². The fourth-order valence-corrected chi connectivity index (χ4v) is 3.94. The molecule has 1 atom stereocenters. The molecule has 1 amide bonds. The molecule has 1 heterocycles. The molecule has 1 unspecified atom stereocenters. The number of hydrogen-bond acceptors (Lipinski definition) is 3. The summed E-state index contributed by atoms with van der Waals surface area (Å²) >= 11 is 0. The molecule has 1 aliphatic heterocycles. The van der Waals surface area contributed by atoms with Gasteiger partial charge in [0.05, 0.1) is 12.6 Å². The maximum atomic E-state index is 12.8. The number of rotatable bonds is 3. The lowest BCUT2D eigenvalue weighted by molar-refractivity contribution is -0.0355. The molecule has 0 aromatic heterocycles. The number of ether oxygens (including phenoxy) is 1. The van der Waals surface area contributed by atoms with Gasteiger partial charge in [-0.15, -0.1) is 0 Å². The number of amides is 1. The minimum Gasteiger partial charge on any atom is -0.444 e. The molecule has 1 aliphatic rings. The third-order valence-corrected chi connectivity index (χ3v) is 9.88. The van der Waals surface area contributed by atoms with Crippen molar-refractivity contribution in [2.75, 3.05) is 6.61 Å². The monoisotopic (exact) mass is 357 g/mol. The van der Waals surface area contributed by atoms with Gasteiger partial charge in [0, 0.05) is 5.54 Å². The molecular weight excluding hydrogens is 318 g/mol.